The van der Waals surface area contributed by atoms with Gasteiger partial charge in [0.2, 0.25) is 0 Å². The summed E-state index contributed by atoms with van der Waals surface area (Å²) >= 11 is 0. The molecule has 7 heteroatoms. The van der Waals surface area contributed by atoms with E-state index in [4.69, 9.17) is 4.74 Å². The largest absolute Gasteiger partial charge is 0.452 e. The lowest BCUT2D eigenvalue weighted by Gasteiger charge is -2.17. The van der Waals surface area contributed by atoms with Crippen molar-refractivity contribution >= 4 is 21.7 Å². The summed E-state index contributed by atoms with van der Waals surface area (Å²) < 4.78 is 27.9. The van der Waals surface area contributed by atoms with Crippen LogP contribution in [-0.2, 0) is 32.3 Å². The maximum atomic E-state index is 12.2. The highest BCUT2D eigenvalue weighted by Crippen LogP contribution is 2.12. The first kappa shape index (κ1) is 20.6. The number of carbonyl (C=O) groups is 2. The van der Waals surface area contributed by atoms with E-state index in [2.05, 4.69) is 6.92 Å². The molecule has 6 nitrogen and oxygen atoms in total. The molecule has 0 spiro atoms. The van der Waals surface area contributed by atoms with Crippen LogP contribution in [0.5, 0.6) is 0 Å². The lowest BCUT2D eigenvalue weighted by Crippen LogP contribution is -2.30. The van der Waals surface area contributed by atoms with Crippen molar-refractivity contribution in [3.63, 3.8) is 0 Å². The molecule has 0 saturated carbocycles. The fraction of sp³-hybridized carbons (Fsp3) is 0.300. The van der Waals surface area contributed by atoms with Gasteiger partial charge in [-0.2, -0.15) is 0 Å². The van der Waals surface area contributed by atoms with Gasteiger partial charge in [-0.05, 0) is 41.8 Å². The number of nitrogens with zero attached hydrogens (tertiary/aromatic N) is 1. The number of hydrogen-bond acceptors (Lipinski definition) is 5. The molecule has 0 aliphatic rings. The average Bonchev–Trinajstić information content (AvgIpc) is 2.65. The molecule has 2 rings (SSSR count). The van der Waals surface area contributed by atoms with Crippen molar-refractivity contribution in [1.29, 1.82) is 0 Å². The van der Waals surface area contributed by atoms with Gasteiger partial charge in [0, 0.05) is 19.8 Å². The molecule has 0 heterocycles. The standard InChI is InChI=1S/C20H23NO5S/c1-4-15-5-7-16(8-6-15)13-21(2)19(22)14-26-20(23)17-9-11-18(12-10-17)27(3,24)25/h5-12H,4,13-14H2,1-3H3. The molecule has 0 atom stereocenters. The first-order valence-electron chi connectivity index (χ1n) is 8.49. The SMILES string of the molecule is CCc1ccc(CN(C)C(=O)COC(=O)c2ccc(S(C)(=O)=O)cc2)cc1. The Morgan fingerprint density at radius 2 is 1.52 bits per heavy atom. The first-order chi connectivity index (χ1) is 12.7. The van der Waals surface area contributed by atoms with E-state index in [1.807, 2.05) is 24.3 Å². The summed E-state index contributed by atoms with van der Waals surface area (Å²) in [6, 6.07) is 13.4. The molecule has 0 aliphatic carbocycles. The second-order valence-electron chi connectivity index (χ2n) is 6.29. The second-order valence-corrected chi connectivity index (χ2v) is 8.31. The van der Waals surface area contributed by atoms with Crippen molar-refractivity contribution in [2.24, 2.45) is 0 Å². The minimum absolute atomic E-state index is 0.115. The number of carbonyl (C=O) groups excluding carboxylic acids is 2. The van der Waals surface area contributed by atoms with Crippen LogP contribution < -0.4 is 0 Å². The number of amides is 1. The number of ether oxygens (including phenoxy) is 1. The van der Waals surface area contributed by atoms with Crippen LogP contribution in [0.25, 0.3) is 0 Å². The average molecular weight is 389 g/mol. The number of benzene rings is 2. The summed E-state index contributed by atoms with van der Waals surface area (Å²) in [5, 5.41) is 0. The molecule has 0 radical (unpaired) electrons. The van der Waals surface area contributed by atoms with Crippen molar-refractivity contribution in [3.05, 3.63) is 65.2 Å². The van der Waals surface area contributed by atoms with Gasteiger partial charge in [0.1, 0.15) is 0 Å². The third-order valence-electron chi connectivity index (χ3n) is 4.12. The van der Waals surface area contributed by atoms with Gasteiger partial charge >= 0.3 is 5.97 Å². The van der Waals surface area contributed by atoms with Crippen molar-refractivity contribution in [3.8, 4) is 0 Å². The Balaban J connectivity index is 1.88. The summed E-state index contributed by atoms with van der Waals surface area (Å²) in [5.41, 5.74) is 2.40. The van der Waals surface area contributed by atoms with E-state index in [0.29, 0.717) is 6.54 Å². The molecule has 1 amide bonds. The summed E-state index contributed by atoms with van der Waals surface area (Å²) in [5.74, 6) is -1.00. The Morgan fingerprint density at radius 3 is 2.04 bits per heavy atom. The van der Waals surface area contributed by atoms with E-state index < -0.39 is 15.8 Å². The van der Waals surface area contributed by atoms with Crippen molar-refractivity contribution in [2.75, 3.05) is 19.9 Å². The molecule has 0 saturated heterocycles. The van der Waals surface area contributed by atoms with Crippen molar-refractivity contribution in [2.45, 2.75) is 24.8 Å². The topological polar surface area (TPSA) is 80.8 Å². The molecule has 0 N–H and O–H groups in total. The highest BCUT2D eigenvalue weighted by atomic mass is 32.2. The predicted molar refractivity (Wildman–Crippen MR) is 102 cm³/mol. The molecule has 144 valence electrons. The fourth-order valence-corrected chi connectivity index (χ4v) is 3.03. The van der Waals surface area contributed by atoms with Crippen LogP contribution in [-0.4, -0.2) is 45.1 Å². The van der Waals surface area contributed by atoms with E-state index in [1.165, 1.54) is 34.7 Å². The van der Waals surface area contributed by atoms with E-state index in [0.717, 1.165) is 18.2 Å². The van der Waals surface area contributed by atoms with Crippen LogP contribution in [0.15, 0.2) is 53.4 Å². The monoisotopic (exact) mass is 389 g/mol. The predicted octanol–water partition coefficient (Wildman–Crippen LogP) is 2.47. The van der Waals surface area contributed by atoms with Crippen molar-refractivity contribution in [1.82, 2.24) is 4.90 Å². The Morgan fingerprint density at radius 1 is 0.963 bits per heavy atom. The first-order valence-corrected chi connectivity index (χ1v) is 10.4. The Kier molecular flexibility index (Phi) is 6.74. The number of hydrogen-bond donors (Lipinski definition) is 0. The summed E-state index contributed by atoms with van der Waals surface area (Å²) in [6.07, 6.45) is 2.04. The molecule has 2 aromatic rings. The lowest BCUT2D eigenvalue weighted by atomic mass is 10.1. The summed E-state index contributed by atoms with van der Waals surface area (Å²) in [4.78, 5) is 25.8. The molecule has 27 heavy (non-hydrogen) atoms. The number of sulfone groups is 1. The molecule has 0 aromatic heterocycles. The van der Waals surface area contributed by atoms with E-state index in [9.17, 15) is 18.0 Å². The lowest BCUT2D eigenvalue weighted by molar-refractivity contribution is -0.133. The highest BCUT2D eigenvalue weighted by Gasteiger charge is 2.15. The van der Waals surface area contributed by atoms with Crippen LogP contribution in [0.3, 0.4) is 0 Å². The number of aryl methyl sites for hydroxylation is 1. The zero-order chi connectivity index (χ0) is 20.0. The van der Waals surface area contributed by atoms with Crippen LogP contribution in [0, 0.1) is 0 Å². The quantitative estimate of drug-likeness (QED) is 0.680. The van der Waals surface area contributed by atoms with Gasteiger partial charge in [0.15, 0.2) is 16.4 Å². The summed E-state index contributed by atoms with van der Waals surface area (Å²) in [7, 11) is -1.69. The van der Waals surface area contributed by atoms with Gasteiger partial charge in [0.05, 0.1) is 10.5 Å². The molecule has 0 aliphatic heterocycles. The van der Waals surface area contributed by atoms with E-state index in [-0.39, 0.29) is 23.0 Å². The maximum Gasteiger partial charge on any atom is 0.338 e. The molecule has 0 fully saturated rings. The Hall–Kier alpha value is -2.67. The van der Waals surface area contributed by atoms with Crippen LogP contribution >= 0.6 is 0 Å². The molecular formula is C20H23NO5S. The zero-order valence-corrected chi connectivity index (χ0v) is 16.5. The zero-order valence-electron chi connectivity index (χ0n) is 15.6. The van der Waals surface area contributed by atoms with Gasteiger partial charge in [-0.25, -0.2) is 13.2 Å². The molecule has 0 unspecified atom stereocenters. The van der Waals surface area contributed by atoms with Crippen LogP contribution in [0.2, 0.25) is 0 Å². The van der Waals surface area contributed by atoms with Gasteiger partial charge in [-0.1, -0.05) is 31.2 Å². The molecule has 2 aromatic carbocycles. The highest BCUT2D eigenvalue weighted by molar-refractivity contribution is 7.90. The fourth-order valence-electron chi connectivity index (χ4n) is 2.40. The molecular weight excluding hydrogens is 366 g/mol. The smallest absolute Gasteiger partial charge is 0.338 e. The Bertz CT molecular complexity index is 902. The van der Waals surface area contributed by atoms with Crippen LogP contribution in [0.4, 0.5) is 0 Å². The van der Waals surface area contributed by atoms with Gasteiger partial charge in [-0.15, -0.1) is 0 Å². The minimum atomic E-state index is -3.33. The maximum absolute atomic E-state index is 12.2. The number of likely N-dealkylation sites (N-methyl/N-ethyl adjacent to an activating group) is 1. The van der Waals surface area contributed by atoms with Crippen LogP contribution in [0.1, 0.15) is 28.4 Å². The van der Waals surface area contributed by atoms with Gasteiger partial charge in [-0.3, -0.25) is 4.79 Å². The van der Waals surface area contributed by atoms with E-state index >= 15 is 0 Å². The van der Waals surface area contributed by atoms with Gasteiger partial charge < -0.3 is 9.64 Å². The third-order valence-corrected chi connectivity index (χ3v) is 5.25. The number of rotatable bonds is 7. The second kappa shape index (κ2) is 8.81. The third kappa shape index (κ3) is 5.92. The van der Waals surface area contributed by atoms with Crippen molar-refractivity contribution < 1.29 is 22.7 Å². The summed E-state index contributed by atoms with van der Waals surface area (Å²) in [6.45, 7) is 2.12. The molecule has 0 bridgehead atoms. The van der Waals surface area contributed by atoms with Gasteiger partial charge in [0.25, 0.3) is 5.91 Å². The van der Waals surface area contributed by atoms with E-state index in [1.54, 1.807) is 7.05 Å². The Labute approximate surface area is 159 Å². The normalized spacial score (nSPS) is 11.1. The minimum Gasteiger partial charge on any atom is -0.452 e. The number of esters is 1.